The largest absolute Gasteiger partial charge is 0.478 e. The molecule has 1 aromatic rings. The molecular formula is C13H16FNO5S. The summed E-state index contributed by atoms with van der Waals surface area (Å²) in [6.45, 7) is 3.65. The van der Waals surface area contributed by atoms with E-state index in [1.807, 2.05) is 0 Å². The highest BCUT2D eigenvalue weighted by Gasteiger charge is 2.34. The van der Waals surface area contributed by atoms with E-state index in [4.69, 9.17) is 9.84 Å². The molecule has 2 atom stereocenters. The van der Waals surface area contributed by atoms with Gasteiger partial charge in [-0.05, 0) is 26.0 Å². The highest BCUT2D eigenvalue weighted by Crippen LogP contribution is 2.25. The SMILES string of the molecule is CC1CN(S(=O)(=O)c2cccc(C(=O)O)c2F)CC(C)O1. The van der Waals surface area contributed by atoms with E-state index < -0.39 is 32.3 Å². The molecule has 1 aromatic carbocycles. The van der Waals surface area contributed by atoms with E-state index >= 15 is 0 Å². The predicted octanol–water partition coefficient (Wildman–Crippen LogP) is 1.32. The Morgan fingerprint density at radius 3 is 2.43 bits per heavy atom. The standard InChI is InChI=1S/C13H16FNO5S/c1-8-6-15(7-9(2)20-8)21(18,19)11-5-3-4-10(12(11)14)13(16)17/h3-5,8-9H,6-7H2,1-2H3,(H,16,17). The third-order valence-corrected chi connectivity index (χ3v) is 5.05. The summed E-state index contributed by atoms with van der Waals surface area (Å²) >= 11 is 0. The molecule has 0 bridgehead atoms. The summed E-state index contributed by atoms with van der Waals surface area (Å²) in [4.78, 5) is 10.3. The molecule has 0 radical (unpaired) electrons. The minimum atomic E-state index is -4.10. The number of carboxylic acids is 1. The number of sulfonamides is 1. The van der Waals surface area contributed by atoms with Gasteiger partial charge >= 0.3 is 5.97 Å². The van der Waals surface area contributed by atoms with Gasteiger partial charge in [0, 0.05) is 13.1 Å². The molecule has 1 N–H and O–H groups in total. The van der Waals surface area contributed by atoms with E-state index in [9.17, 15) is 17.6 Å². The van der Waals surface area contributed by atoms with Gasteiger partial charge in [-0.25, -0.2) is 17.6 Å². The number of benzene rings is 1. The van der Waals surface area contributed by atoms with Gasteiger partial charge in [0.25, 0.3) is 0 Å². The number of halogens is 1. The lowest BCUT2D eigenvalue weighted by atomic mass is 10.2. The first-order valence-corrected chi connectivity index (χ1v) is 7.85. The van der Waals surface area contributed by atoms with Crippen molar-refractivity contribution in [1.29, 1.82) is 0 Å². The summed E-state index contributed by atoms with van der Waals surface area (Å²) in [6.07, 6.45) is -0.622. The van der Waals surface area contributed by atoms with Crippen molar-refractivity contribution >= 4 is 16.0 Å². The monoisotopic (exact) mass is 317 g/mol. The molecule has 0 saturated carbocycles. The number of carboxylic acid groups (broad SMARTS) is 1. The van der Waals surface area contributed by atoms with Crippen molar-refractivity contribution in [2.24, 2.45) is 0 Å². The normalized spacial score (nSPS) is 24.0. The van der Waals surface area contributed by atoms with Crippen LogP contribution in [0.1, 0.15) is 24.2 Å². The van der Waals surface area contributed by atoms with E-state index in [0.717, 1.165) is 16.4 Å². The Balaban J connectivity index is 2.45. The fourth-order valence-electron chi connectivity index (χ4n) is 2.34. The quantitative estimate of drug-likeness (QED) is 0.909. The van der Waals surface area contributed by atoms with Crippen molar-refractivity contribution in [3.8, 4) is 0 Å². The maximum Gasteiger partial charge on any atom is 0.338 e. The molecule has 1 aliphatic rings. The van der Waals surface area contributed by atoms with E-state index in [1.54, 1.807) is 13.8 Å². The number of aromatic carboxylic acids is 1. The number of hydrogen-bond donors (Lipinski definition) is 1. The zero-order valence-electron chi connectivity index (χ0n) is 11.6. The number of morpholine rings is 1. The first-order chi connectivity index (χ1) is 9.73. The Bertz CT molecular complexity index is 651. The molecule has 1 fully saturated rings. The van der Waals surface area contributed by atoms with Crippen molar-refractivity contribution in [3.05, 3.63) is 29.6 Å². The zero-order valence-corrected chi connectivity index (χ0v) is 12.4. The Kier molecular flexibility index (Phi) is 4.31. The number of carbonyl (C=O) groups is 1. The van der Waals surface area contributed by atoms with E-state index in [1.165, 1.54) is 6.07 Å². The molecule has 1 heterocycles. The molecule has 1 saturated heterocycles. The van der Waals surface area contributed by atoms with Crippen LogP contribution in [-0.4, -0.2) is 49.1 Å². The van der Waals surface area contributed by atoms with E-state index in [0.29, 0.717) is 0 Å². The molecular weight excluding hydrogens is 301 g/mol. The van der Waals surface area contributed by atoms with Gasteiger partial charge in [0.15, 0.2) is 5.82 Å². The topological polar surface area (TPSA) is 83.9 Å². The van der Waals surface area contributed by atoms with Crippen LogP contribution in [0.15, 0.2) is 23.1 Å². The van der Waals surface area contributed by atoms with Gasteiger partial charge in [-0.3, -0.25) is 0 Å². The third-order valence-electron chi connectivity index (χ3n) is 3.20. The molecule has 0 aliphatic carbocycles. The van der Waals surface area contributed by atoms with Crippen molar-refractivity contribution in [1.82, 2.24) is 4.31 Å². The maximum absolute atomic E-state index is 14.2. The van der Waals surface area contributed by atoms with Crippen molar-refractivity contribution < 1.29 is 27.4 Å². The van der Waals surface area contributed by atoms with Gasteiger partial charge in [-0.1, -0.05) is 6.07 Å². The van der Waals surface area contributed by atoms with Crippen LogP contribution in [0, 0.1) is 5.82 Å². The highest BCUT2D eigenvalue weighted by molar-refractivity contribution is 7.89. The molecule has 1 aliphatic heterocycles. The van der Waals surface area contributed by atoms with Crippen LogP contribution in [0.25, 0.3) is 0 Å². The van der Waals surface area contributed by atoms with E-state index in [-0.39, 0.29) is 25.3 Å². The molecule has 0 aromatic heterocycles. The lowest BCUT2D eigenvalue weighted by molar-refractivity contribution is -0.0441. The molecule has 6 nitrogen and oxygen atoms in total. The molecule has 2 rings (SSSR count). The first kappa shape index (κ1) is 15.9. The van der Waals surface area contributed by atoms with Gasteiger partial charge in [0.1, 0.15) is 4.90 Å². The van der Waals surface area contributed by atoms with E-state index in [2.05, 4.69) is 0 Å². The summed E-state index contributed by atoms with van der Waals surface area (Å²) in [5.41, 5.74) is -0.662. The molecule has 0 amide bonds. The second-order valence-corrected chi connectivity index (χ2v) is 6.91. The maximum atomic E-state index is 14.2. The minimum absolute atomic E-state index is 0.101. The summed E-state index contributed by atoms with van der Waals surface area (Å²) in [6, 6.07) is 3.32. The van der Waals surface area contributed by atoms with Crippen LogP contribution in [-0.2, 0) is 14.8 Å². The number of ether oxygens (including phenoxy) is 1. The molecule has 116 valence electrons. The molecule has 21 heavy (non-hydrogen) atoms. The van der Waals surface area contributed by atoms with Gasteiger partial charge in [-0.2, -0.15) is 4.31 Å². The molecule has 2 unspecified atom stereocenters. The highest BCUT2D eigenvalue weighted by atomic mass is 32.2. The fraction of sp³-hybridized carbons (Fsp3) is 0.462. The fourth-order valence-corrected chi connectivity index (χ4v) is 4.02. The Hall–Kier alpha value is -1.51. The molecule has 8 heteroatoms. The average Bonchev–Trinajstić information content (AvgIpc) is 2.37. The summed E-state index contributed by atoms with van der Waals surface area (Å²) in [5, 5.41) is 8.88. The summed E-state index contributed by atoms with van der Waals surface area (Å²) in [7, 11) is -4.10. The Labute approximate surface area is 122 Å². The average molecular weight is 317 g/mol. The summed E-state index contributed by atoms with van der Waals surface area (Å²) < 4.78 is 45.7. The van der Waals surface area contributed by atoms with Crippen LogP contribution in [0.5, 0.6) is 0 Å². The number of rotatable bonds is 3. The smallest absolute Gasteiger partial charge is 0.338 e. The molecule has 0 spiro atoms. The lowest BCUT2D eigenvalue weighted by Gasteiger charge is -2.34. The van der Waals surface area contributed by atoms with Crippen LogP contribution in [0.3, 0.4) is 0 Å². The third kappa shape index (κ3) is 3.07. The summed E-state index contributed by atoms with van der Waals surface area (Å²) in [5.74, 6) is -2.75. The van der Waals surface area contributed by atoms with Crippen molar-refractivity contribution in [2.75, 3.05) is 13.1 Å². The lowest BCUT2D eigenvalue weighted by Crippen LogP contribution is -2.48. The van der Waals surface area contributed by atoms with Crippen LogP contribution >= 0.6 is 0 Å². The van der Waals surface area contributed by atoms with Gasteiger partial charge < -0.3 is 9.84 Å². The predicted molar refractivity (Wildman–Crippen MR) is 72.1 cm³/mol. The minimum Gasteiger partial charge on any atom is -0.478 e. The second kappa shape index (κ2) is 5.70. The zero-order chi connectivity index (χ0) is 15.8. The van der Waals surface area contributed by atoms with Crippen LogP contribution < -0.4 is 0 Å². The van der Waals surface area contributed by atoms with Crippen LogP contribution in [0.4, 0.5) is 4.39 Å². The van der Waals surface area contributed by atoms with Crippen molar-refractivity contribution in [2.45, 2.75) is 31.0 Å². The Morgan fingerprint density at radius 2 is 1.90 bits per heavy atom. The number of nitrogens with zero attached hydrogens (tertiary/aromatic N) is 1. The van der Waals surface area contributed by atoms with Gasteiger partial charge in [0.2, 0.25) is 10.0 Å². The van der Waals surface area contributed by atoms with Gasteiger partial charge in [0.05, 0.1) is 17.8 Å². The Morgan fingerprint density at radius 1 is 1.33 bits per heavy atom. The first-order valence-electron chi connectivity index (χ1n) is 6.41. The number of hydrogen-bond acceptors (Lipinski definition) is 4. The second-order valence-electron chi connectivity index (χ2n) is 5.00. The van der Waals surface area contributed by atoms with Crippen molar-refractivity contribution in [3.63, 3.8) is 0 Å². The van der Waals surface area contributed by atoms with Crippen LogP contribution in [0.2, 0.25) is 0 Å². The van der Waals surface area contributed by atoms with Gasteiger partial charge in [-0.15, -0.1) is 0 Å².